The summed E-state index contributed by atoms with van der Waals surface area (Å²) in [6.07, 6.45) is 0. The molecule has 0 atom stereocenters. The van der Waals surface area contributed by atoms with Crippen LogP contribution in [0, 0.1) is 6.92 Å². The zero-order chi connectivity index (χ0) is 15.7. The van der Waals surface area contributed by atoms with Crippen molar-refractivity contribution < 1.29 is 9.59 Å². The second-order valence-corrected chi connectivity index (χ2v) is 5.88. The van der Waals surface area contributed by atoms with E-state index in [2.05, 4.69) is 26.3 Å². The van der Waals surface area contributed by atoms with Gasteiger partial charge in [-0.3, -0.25) is 9.59 Å². The molecule has 1 N–H and O–H groups in total. The first-order valence-corrected chi connectivity index (χ1v) is 7.38. The van der Waals surface area contributed by atoms with Gasteiger partial charge in [-0.15, -0.1) is 0 Å². The summed E-state index contributed by atoms with van der Waals surface area (Å²) in [7, 11) is 0. The van der Waals surface area contributed by atoms with Crippen molar-refractivity contribution in [2.24, 2.45) is 0 Å². The molecule has 2 aromatic rings. The molecule has 0 bridgehead atoms. The van der Waals surface area contributed by atoms with Gasteiger partial charge >= 0.3 is 0 Å². The van der Waals surface area contributed by atoms with Crippen molar-refractivity contribution in [3.8, 4) is 0 Å². The van der Waals surface area contributed by atoms with Gasteiger partial charge in [-0.1, -0.05) is 29.3 Å². The number of halogens is 3. The smallest absolute Gasteiger partial charge is 0.277 e. The van der Waals surface area contributed by atoms with Crippen LogP contribution in [0.15, 0.2) is 22.7 Å². The van der Waals surface area contributed by atoms with Crippen molar-refractivity contribution in [2.75, 3.05) is 5.32 Å². The Bertz CT molecular complexity index is 743. The molecule has 2 rings (SSSR count). The zero-order valence-corrected chi connectivity index (χ0v) is 14.2. The van der Waals surface area contributed by atoms with Gasteiger partial charge in [-0.05, 0) is 40.5 Å². The van der Waals surface area contributed by atoms with E-state index in [1.165, 1.54) is 6.92 Å². The van der Waals surface area contributed by atoms with Crippen LogP contribution < -0.4 is 5.32 Å². The van der Waals surface area contributed by atoms with Crippen molar-refractivity contribution in [1.29, 1.82) is 0 Å². The first-order valence-electron chi connectivity index (χ1n) is 5.83. The number of aryl methyl sites for hydroxylation is 1. The Kier molecular flexibility index (Phi) is 4.70. The van der Waals surface area contributed by atoms with Crippen LogP contribution in [-0.4, -0.2) is 21.6 Å². The standard InChI is InChI=1S/C13H10BrCl2N3O2/c1-6-3-4-9(8(15)5-6)17-13(21)11-10(14)12(16)19(18-11)7(2)20/h3-5H,1-2H3,(H,17,21). The summed E-state index contributed by atoms with van der Waals surface area (Å²) in [5.41, 5.74) is 1.43. The van der Waals surface area contributed by atoms with E-state index in [1.54, 1.807) is 12.1 Å². The van der Waals surface area contributed by atoms with Crippen LogP contribution in [0.2, 0.25) is 10.2 Å². The lowest BCUT2D eigenvalue weighted by atomic mass is 10.2. The molecule has 0 spiro atoms. The number of carbonyl (C=O) groups is 2. The number of amides is 1. The maximum atomic E-state index is 12.2. The topological polar surface area (TPSA) is 64.0 Å². The average molecular weight is 391 g/mol. The van der Waals surface area contributed by atoms with Gasteiger partial charge < -0.3 is 5.32 Å². The molecular formula is C13H10BrCl2N3O2. The minimum atomic E-state index is -0.519. The maximum absolute atomic E-state index is 12.2. The fraction of sp³-hybridized carbons (Fsp3) is 0.154. The SMILES string of the molecule is CC(=O)n1nc(C(=O)Nc2ccc(C)cc2Cl)c(Br)c1Cl. The number of anilines is 1. The van der Waals surface area contributed by atoms with Gasteiger partial charge in [0.2, 0.25) is 5.91 Å². The molecule has 1 aromatic carbocycles. The van der Waals surface area contributed by atoms with Crippen molar-refractivity contribution in [3.63, 3.8) is 0 Å². The van der Waals surface area contributed by atoms with Crippen LogP contribution in [0.1, 0.15) is 27.8 Å². The molecule has 1 heterocycles. The van der Waals surface area contributed by atoms with E-state index in [1.807, 2.05) is 13.0 Å². The Hall–Kier alpha value is -1.37. The van der Waals surface area contributed by atoms with Crippen LogP contribution in [0.4, 0.5) is 5.69 Å². The van der Waals surface area contributed by atoms with Crippen LogP contribution in [0.5, 0.6) is 0 Å². The Balaban J connectivity index is 2.33. The molecule has 0 radical (unpaired) electrons. The summed E-state index contributed by atoms with van der Waals surface area (Å²) in [6.45, 7) is 3.19. The molecule has 0 aliphatic rings. The van der Waals surface area contributed by atoms with Gasteiger partial charge in [0.1, 0.15) is 0 Å². The lowest BCUT2D eigenvalue weighted by molar-refractivity contribution is 0.0920. The summed E-state index contributed by atoms with van der Waals surface area (Å²) < 4.78 is 1.19. The molecule has 1 aromatic heterocycles. The maximum Gasteiger partial charge on any atom is 0.277 e. The number of carbonyl (C=O) groups excluding carboxylic acids is 2. The number of nitrogens with zero attached hydrogens (tertiary/aromatic N) is 2. The molecule has 0 aliphatic carbocycles. The van der Waals surface area contributed by atoms with Crippen LogP contribution in [-0.2, 0) is 0 Å². The Morgan fingerprint density at radius 1 is 1.33 bits per heavy atom. The van der Waals surface area contributed by atoms with Gasteiger partial charge in [-0.2, -0.15) is 9.78 Å². The second kappa shape index (κ2) is 6.17. The predicted octanol–water partition coefficient (Wildman–Crippen LogP) is 4.17. The van der Waals surface area contributed by atoms with Gasteiger partial charge in [0.05, 0.1) is 15.2 Å². The first-order chi connectivity index (χ1) is 9.81. The molecule has 5 nitrogen and oxygen atoms in total. The van der Waals surface area contributed by atoms with Crippen molar-refractivity contribution >= 4 is 56.6 Å². The van der Waals surface area contributed by atoms with E-state index in [-0.39, 0.29) is 15.3 Å². The van der Waals surface area contributed by atoms with Gasteiger partial charge in [-0.25, -0.2) is 0 Å². The van der Waals surface area contributed by atoms with Gasteiger partial charge in [0.25, 0.3) is 5.91 Å². The van der Waals surface area contributed by atoms with E-state index in [4.69, 9.17) is 23.2 Å². The highest BCUT2D eigenvalue weighted by Crippen LogP contribution is 2.28. The fourth-order valence-corrected chi connectivity index (χ4v) is 2.59. The zero-order valence-electron chi connectivity index (χ0n) is 11.1. The van der Waals surface area contributed by atoms with Crippen molar-refractivity contribution in [3.05, 3.63) is 44.1 Å². The fourth-order valence-electron chi connectivity index (χ4n) is 1.64. The van der Waals surface area contributed by atoms with Crippen molar-refractivity contribution in [2.45, 2.75) is 13.8 Å². The Morgan fingerprint density at radius 3 is 2.52 bits per heavy atom. The Labute approximate surface area is 139 Å². The molecule has 0 saturated carbocycles. The molecular weight excluding hydrogens is 381 g/mol. The highest BCUT2D eigenvalue weighted by atomic mass is 79.9. The molecule has 0 fully saturated rings. The first kappa shape index (κ1) is 16.0. The highest BCUT2D eigenvalue weighted by molar-refractivity contribution is 9.10. The Morgan fingerprint density at radius 2 is 2.00 bits per heavy atom. The monoisotopic (exact) mass is 389 g/mol. The van der Waals surface area contributed by atoms with E-state index in [0.717, 1.165) is 10.2 Å². The summed E-state index contributed by atoms with van der Waals surface area (Å²) >= 11 is 15.1. The molecule has 0 saturated heterocycles. The number of rotatable bonds is 2. The summed E-state index contributed by atoms with van der Waals surface area (Å²) in [5.74, 6) is -0.914. The van der Waals surface area contributed by atoms with Crippen molar-refractivity contribution in [1.82, 2.24) is 9.78 Å². The van der Waals surface area contributed by atoms with E-state index in [0.29, 0.717) is 10.7 Å². The number of aromatic nitrogens is 2. The molecule has 0 aliphatic heterocycles. The van der Waals surface area contributed by atoms with Gasteiger partial charge in [0.15, 0.2) is 10.8 Å². The third-order valence-electron chi connectivity index (χ3n) is 2.66. The predicted molar refractivity (Wildman–Crippen MR) is 85.4 cm³/mol. The molecule has 110 valence electrons. The normalized spacial score (nSPS) is 10.5. The third kappa shape index (κ3) is 3.28. The lowest BCUT2D eigenvalue weighted by Crippen LogP contribution is -2.15. The van der Waals surface area contributed by atoms with Crippen LogP contribution in [0.3, 0.4) is 0 Å². The minimum Gasteiger partial charge on any atom is -0.319 e. The molecule has 8 heteroatoms. The molecule has 1 amide bonds. The quantitative estimate of drug-likeness (QED) is 0.836. The third-order valence-corrected chi connectivity index (χ3v) is 4.30. The second-order valence-electron chi connectivity index (χ2n) is 4.32. The summed E-state index contributed by atoms with van der Waals surface area (Å²) in [6, 6.07) is 5.23. The van der Waals surface area contributed by atoms with Gasteiger partial charge in [0, 0.05) is 6.92 Å². The van der Waals surface area contributed by atoms with E-state index in [9.17, 15) is 9.59 Å². The minimum absolute atomic E-state index is 0.00633. The van der Waals surface area contributed by atoms with Crippen LogP contribution in [0.25, 0.3) is 0 Å². The highest BCUT2D eigenvalue weighted by Gasteiger charge is 2.22. The largest absolute Gasteiger partial charge is 0.319 e. The van der Waals surface area contributed by atoms with Crippen LogP contribution >= 0.6 is 39.1 Å². The lowest BCUT2D eigenvalue weighted by Gasteiger charge is -2.06. The number of hydrogen-bond acceptors (Lipinski definition) is 3. The molecule has 0 unspecified atom stereocenters. The number of hydrogen-bond donors (Lipinski definition) is 1. The van der Waals surface area contributed by atoms with E-state index < -0.39 is 11.8 Å². The summed E-state index contributed by atoms with van der Waals surface area (Å²) in [5, 5.41) is 6.97. The summed E-state index contributed by atoms with van der Waals surface area (Å²) in [4.78, 5) is 23.6. The number of nitrogens with one attached hydrogen (secondary N) is 1. The van der Waals surface area contributed by atoms with E-state index >= 15 is 0 Å². The molecule has 21 heavy (non-hydrogen) atoms. The average Bonchev–Trinajstić information content (AvgIpc) is 2.70. The number of benzene rings is 1.